The predicted octanol–water partition coefficient (Wildman–Crippen LogP) is 4.98. The first-order valence-electron chi connectivity index (χ1n) is 8.99. The molecule has 0 bridgehead atoms. The smallest absolute Gasteiger partial charge is 0.165 e. The molecule has 0 spiro atoms. The molecule has 0 aliphatic carbocycles. The van der Waals surface area contributed by atoms with Gasteiger partial charge in [0.05, 0.1) is 20.4 Å². The summed E-state index contributed by atoms with van der Waals surface area (Å²) >= 11 is 6.17. The molecular formula is C21H22ClF2N3O2. The highest BCUT2D eigenvalue weighted by Gasteiger charge is 2.18. The third-order valence-corrected chi connectivity index (χ3v) is 4.99. The zero-order chi connectivity index (χ0) is 21.1. The molecule has 2 aromatic carbocycles. The van der Waals surface area contributed by atoms with Crippen LogP contribution >= 0.6 is 11.6 Å². The van der Waals surface area contributed by atoms with E-state index >= 15 is 0 Å². The lowest BCUT2D eigenvalue weighted by Crippen LogP contribution is -2.19. The van der Waals surface area contributed by atoms with Gasteiger partial charge in [-0.1, -0.05) is 11.6 Å². The van der Waals surface area contributed by atoms with E-state index in [9.17, 15) is 8.78 Å². The van der Waals surface area contributed by atoms with Gasteiger partial charge < -0.3 is 14.8 Å². The van der Waals surface area contributed by atoms with Crippen molar-refractivity contribution in [1.82, 2.24) is 15.1 Å². The summed E-state index contributed by atoms with van der Waals surface area (Å²) < 4.78 is 39.6. The van der Waals surface area contributed by atoms with Gasteiger partial charge in [-0.3, -0.25) is 0 Å². The van der Waals surface area contributed by atoms with Gasteiger partial charge in [0.15, 0.2) is 17.3 Å². The molecule has 0 fully saturated rings. The summed E-state index contributed by atoms with van der Waals surface area (Å²) in [6, 6.07) is 6.83. The van der Waals surface area contributed by atoms with Gasteiger partial charge in [0.1, 0.15) is 11.5 Å². The number of nitrogens with one attached hydrogen (secondary N) is 1. The van der Waals surface area contributed by atoms with E-state index in [4.69, 9.17) is 21.1 Å². The SMILES string of the molecule is COc1cc(Cl)cc(CNC(C)c2cnn(-c3ccc(F)cc3F)c2C)c1OC. The number of aromatic nitrogens is 2. The summed E-state index contributed by atoms with van der Waals surface area (Å²) in [5.74, 6) is -0.131. The van der Waals surface area contributed by atoms with Gasteiger partial charge >= 0.3 is 0 Å². The summed E-state index contributed by atoms with van der Waals surface area (Å²) in [7, 11) is 3.13. The van der Waals surface area contributed by atoms with Crippen LogP contribution in [0.4, 0.5) is 8.78 Å². The van der Waals surface area contributed by atoms with E-state index in [1.54, 1.807) is 26.5 Å². The fraction of sp³-hybridized carbons (Fsp3) is 0.286. The van der Waals surface area contributed by atoms with Crippen molar-refractivity contribution in [3.8, 4) is 17.2 Å². The van der Waals surface area contributed by atoms with Crippen LogP contribution in [0.15, 0.2) is 36.5 Å². The Morgan fingerprint density at radius 1 is 1.17 bits per heavy atom. The molecular weight excluding hydrogens is 400 g/mol. The minimum atomic E-state index is -0.667. The van der Waals surface area contributed by atoms with Crippen LogP contribution < -0.4 is 14.8 Å². The third kappa shape index (κ3) is 4.36. The average molecular weight is 422 g/mol. The summed E-state index contributed by atoms with van der Waals surface area (Å²) in [6.07, 6.45) is 1.67. The maximum absolute atomic E-state index is 14.1. The van der Waals surface area contributed by atoms with Gasteiger partial charge in [-0.15, -0.1) is 0 Å². The van der Waals surface area contributed by atoms with Crippen molar-refractivity contribution in [3.63, 3.8) is 0 Å². The minimum Gasteiger partial charge on any atom is -0.493 e. The van der Waals surface area contributed by atoms with E-state index < -0.39 is 11.6 Å². The molecule has 5 nitrogen and oxygen atoms in total. The van der Waals surface area contributed by atoms with E-state index in [-0.39, 0.29) is 11.7 Å². The number of methoxy groups -OCH3 is 2. The van der Waals surface area contributed by atoms with E-state index in [0.29, 0.717) is 23.1 Å². The van der Waals surface area contributed by atoms with E-state index in [2.05, 4.69) is 10.4 Å². The van der Waals surface area contributed by atoms with Crippen molar-refractivity contribution in [2.24, 2.45) is 0 Å². The second kappa shape index (κ2) is 8.80. The second-order valence-electron chi connectivity index (χ2n) is 6.60. The zero-order valence-electron chi connectivity index (χ0n) is 16.6. The average Bonchev–Trinajstić information content (AvgIpc) is 3.06. The maximum atomic E-state index is 14.1. The fourth-order valence-electron chi connectivity index (χ4n) is 3.25. The highest BCUT2D eigenvalue weighted by molar-refractivity contribution is 6.30. The van der Waals surface area contributed by atoms with Gasteiger partial charge in [-0.05, 0) is 32.0 Å². The van der Waals surface area contributed by atoms with Crippen LogP contribution in [0.2, 0.25) is 5.02 Å². The highest BCUT2D eigenvalue weighted by Crippen LogP contribution is 2.34. The normalized spacial score (nSPS) is 12.1. The maximum Gasteiger partial charge on any atom is 0.165 e. The van der Waals surface area contributed by atoms with Crippen LogP contribution in [0.3, 0.4) is 0 Å². The van der Waals surface area contributed by atoms with Crippen molar-refractivity contribution >= 4 is 11.6 Å². The number of hydrogen-bond donors (Lipinski definition) is 1. The molecule has 0 radical (unpaired) electrons. The zero-order valence-corrected chi connectivity index (χ0v) is 17.3. The van der Waals surface area contributed by atoms with Crippen molar-refractivity contribution in [2.45, 2.75) is 26.4 Å². The van der Waals surface area contributed by atoms with Crippen molar-refractivity contribution in [2.75, 3.05) is 14.2 Å². The number of benzene rings is 2. The first-order valence-corrected chi connectivity index (χ1v) is 9.37. The van der Waals surface area contributed by atoms with Crippen LogP contribution in [0, 0.1) is 18.6 Å². The summed E-state index contributed by atoms with van der Waals surface area (Å²) in [5.41, 5.74) is 2.69. The van der Waals surface area contributed by atoms with E-state index in [1.165, 1.54) is 16.8 Å². The molecule has 3 rings (SSSR count). The Kier molecular flexibility index (Phi) is 6.39. The van der Waals surface area contributed by atoms with E-state index in [1.807, 2.05) is 19.9 Å². The predicted molar refractivity (Wildman–Crippen MR) is 108 cm³/mol. The topological polar surface area (TPSA) is 48.3 Å². The van der Waals surface area contributed by atoms with Gasteiger partial charge in [-0.25, -0.2) is 13.5 Å². The molecule has 1 atom stereocenters. The fourth-order valence-corrected chi connectivity index (χ4v) is 3.48. The van der Waals surface area contributed by atoms with E-state index in [0.717, 1.165) is 22.9 Å². The van der Waals surface area contributed by atoms with Crippen LogP contribution in [0.25, 0.3) is 5.69 Å². The molecule has 0 saturated carbocycles. The molecule has 0 aliphatic rings. The van der Waals surface area contributed by atoms with Gasteiger partial charge in [-0.2, -0.15) is 5.10 Å². The molecule has 8 heteroatoms. The number of hydrogen-bond acceptors (Lipinski definition) is 4. The Bertz CT molecular complexity index is 1020. The van der Waals surface area contributed by atoms with Gasteiger partial charge in [0.2, 0.25) is 0 Å². The summed E-state index contributed by atoms with van der Waals surface area (Å²) in [5, 5.41) is 8.22. The number of halogens is 3. The first kappa shape index (κ1) is 21.1. The molecule has 3 aromatic rings. The number of rotatable bonds is 7. The number of nitrogens with zero attached hydrogens (tertiary/aromatic N) is 2. The quantitative estimate of drug-likeness (QED) is 0.584. The third-order valence-electron chi connectivity index (χ3n) is 4.77. The Balaban J connectivity index is 1.82. The Morgan fingerprint density at radius 2 is 1.93 bits per heavy atom. The van der Waals surface area contributed by atoms with Crippen molar-refractivity contribution in [1.29, 1.82) is 0 Å². The highest BCUT2D eigenvalue weighted by atomic mass is 35.5. The van der Waals surface area contributed by atoms with Crippen molar-refractivity contribution < 1.29 is 18.3 Å². The first-order chi connectivity index (χ1) is 13.8. The van der Waals surface area contributed by atoms with Crippen LogP contribution in [-0.4, -0.2) is 24.0 Å². The summed E-state index contributed by atoms with van der Waals surface area (Å²) in [4.78, 5) is 0. The molecule has 0 saturated heterocycles. The molecule has 29 heavy (non-hydrogen) atoms. The van der Waals surface area contributed by atoms with Crippen molar-refractivity contribution in [3.05, 3.63) is 70.0 Å². The molecule has 1 aromatic heterocycles. The Hall–Kier alpha value is -2.64. The summed E-state index contributed by atoms with van der Waals surface area (Å²) in [6.45, 7) is 4.28. The van der Waals surface area contributed by atoms with Gasteiger partial charge in [0.25, 0.3) is 0 Å². The lowest BCUT2D eigenvalue weighted by Gasteiger charge is -2.17. The monoisotopic (exact) mass is 421 g/mol. The van der Waals surface area contributed by atoms with Crippen LogP contribution in [0.5, 0.6) is 11.5 Å². The second-order valence-corrected chi connectivity index (χ2v) is 7.03. The molecule has 0 aliphatic heterocycles. The molecule has 0 amide bonds. The van der Waals surface area contributed by atoms with Crippen LogP contribution in [0.1, 0.15) is 29.8 Å². The molecule has 1 heterocycles. The molecule has 1 unspecified atom stereocenters. The largest absolute Gasteiger partial charge is 0.493 e. The molecule has 1 N–H and O–H groups in total. The number of ether oxygens (including phenoxy) is 2. The lowest BCUT2D eigenvalue weighted by atomic mass is 10.1. The lowest BCUT2D eigenvalue weighted by molar-refractivity contribution is 0.350. The van der Waals surface area contributed by atoms with Gasteiger partial charge in [0, 0.05) is 46.6 Å². The standard InChI is InChI=1S/C21H22ClF2N3O2/c1-12(25-10-14-7-15(22)8-20(28-3)21(14)29-4)17-11-26-27(13(17)2)19-6-5-16(23)9-18(19)24/h5-9,11-12,25H,10H2,1-4H3. The van der Waals surface area contributed by atoms with Crippen LogP contribution in [-0.2, 0) is 6.54 Å². The Labute approximate surface area is 173 Å². The Morgan fingerprint density at radius 3 is 2.59 bits per heavy atom. The minimum absolute atomic E-state index is 0.0954. The molecule has 154 valence electrons.